The molecule has 0 spiro atoms. The average Bonchev–Trinajstić information content (AvgIpc) is 3.41. The predicted molar refractivity (Wildman–Crippen MR) is 102 cm³/mol. The summed E-state index contributed by atoms with van der Waals surface area (Å²) in [7, 11) is 0. The Morgan fingerprint density at radius 1 is 1.15 bits per heavy atom. The van der Waals surface area contributed by atoms with Crippen molar-refractivity contribution in [1.82, 2.24) is 20.7 Å². The van der Waals surface area contributed by atoms with Gasteiger partial charge in [-0.15, -0.1) is 0 Å². The molecule has 3 unspecified atom stereocenters. The van der Waals surface area contributed by atoms with Crippen molar-refractivity contribution in [2.24, 2.45) is 0 Å². The van der Waals surface area contributed by atoms with Crippen LogP contribution in [-0.2, 0) is 16.1 Å². The molecule has 2 fully saturated rings. The zero-order chi connectivity index (χ0) is 18.5. The number of hydrogen-bond acceptors (Lipinski definition) is 5. The van der Waals surface area contributed by atoms with Crippen LogP contribution in [0.25, 0.3) is 0 Å². The number of nitrogens with one attached hydrogen (secondary N) is 2. The minimum absolute atomic E-state index is 0.0992. The molecule has 6 heteroatoms. The molecular weight excluding hydrogens is 340 g/mol. The van der Waals surface area contributed by atoms with Crippen molar-refractivity contribution in [3.05, 3.63) is 66.0 Å². The summed E-state index contributed by atoms with van der Waals surface area (Å²) in [6.45, 7) is 1.91. The van der Waals surface area contributed by atoms with Crippen LogP contribution < -0.4 is 10.9 Å². The number of aromatic nitrogens is 1. The van der Waals surface area contributed by atoms with E-state index in [1.165, 1.54) is 5.56 Å². The molecule has 2 N–H and O–H groups in total. The van der Waals surface area contributed by atoms with Gasteiger partial charge in [0.25, 0.3) is 0 Å². The highest BCUT2D eigenvalue weighted by molar-refractivity contribution is 5.82. The van der Waals surface area contributed by atoms with E-state index < -0.39 is 0 Å². The summed E-state index contributed by atoms with van der Waals surface area (Å²) in [5, 5.41) is 0. The lowest BCUT2D eigenvalue weighted by molar-refractivity contribution is -0.135. The van der Waals surface area contributed by atoms with Gasteiger partial charge in [0, 0.05) is 25.4 Å². The molecule has 3 atom stereocenters. The summed E-state index contributed by atoms with van der Waals surface area (Å²) in [5.74, 6) is 0.0992. The van der Waals surface area contributed by atoms with Crippen molar-refractivity contribution in [2.45, 2.75) is 44.0 Å². The molecule has 1 aromatic heterocycles. The van der Waals surface area contributed by atoms with Crippen molar-refractivity contribution in [2.75, 3.05) is 13.2 Å². The fourth-order valence-corrected chi connectivity index (χ4v) is 3.80. The molecule has 142 valence electrons. The third-order valence-electron chi connectivity index (χ3n) is 5.24. The Balaban J connectivity index is 1.44. The summed E-state index contributed by atoms with van der Waals surface area (Å²) in [6.07, 6.45) is 4.69. The molecule has 3 heterocycles. The second-order valence-electron chi connectivity index (χ2n) is 7.22. The zero-order valence-electron chi connectivity index (χ0n) is 15.4. The van der Waals surface area contributed by atoms with Crippen molar-refractivity contribution in [1.29, 1.82) is 0 Å². The Labute approximate surface area is 159 Å². The van der Waals surface area contributed by atoms with Gasteiger partial charge in [-0.1, -0.05) is 36.4 Å². The Kier molecular flexibility index (Phi) is 5.77. The van der Waals surface area contributed by atoms with Crippen LogP contribution in [0.2, 0.25) is 0 Å². The van der Waals surface area contributed by atoms with Gasteiger partial charge in [0.2, 0.25) is 5.91 Å². The molecule has 0 saturated carbocycles. The molecule has 2 aromatic rings. The number of rotatable bonds is 6. The molecule has 0 bridgehead atoms. The summed E-state index contributed by atoms with van der Waals surface area (Å²) in [4.78, 5) is 19.5. The van der Waals surface area contributed by atoms with Crippen molar-refractivity contribution in [3.63, 3.8) is 0 Å². The number of benzene rings is 1. The molecule has 0 aliphatic carbocycles. The Morgan fingerprint density at radius 2 is 2.00 bits per heavy atom. The first-order chi connectivity index (χ1) is 13.3. The minimum Gasteiger partial charge on any atom is -0.376 e. The van der Waals surface area contributed by atoms with Gasteiger partial charge in [0.1, 0.15) is 6.04 Å². The first kappa shape index (κ1) is 18.1. The van der Waals surface area contributed by atoms with E-state index in [-0.39, 0.29) is 24.1 Å². The molecule has 2 aliphatic heterocycles. The van der Waals surface area contributed by atoms with Crippen LogP contribution in [0.4, 0.5) is 0 Å². The molecular formula is C21H26N4O2. The Bertz CT molecular complexity index is 734. The van der Waals surface area contributed by atoms with Crippen molar-refractivity contribution in [3.8, 4) is 0 Å². The molecule has 0 radical (unpaired) electrons. The number of amides is 1. The third kappa shape index (κ3) is 4.53. The monoisotopic (exact) mass is 366 g/mol. The van der Waals surface area contributed by atoms with E-state index in [0.717, 1.165) is 31.6 Å². The quantitative estimate of drug-likeness (QED) is 0.820. The minimum atomic E-state index is -0.250. The van der Waals surface area contributed by atoms with Gasteiger partial charge in [0.15, 0.2) is 0 Å². The normalized spacial score (nSPS) is 24.8. The van der Waals surface area contributed by atoms with E-state index in [4.69, 9.17) is 4.74 Å². The first-order valence-corrected chi connectivity index (χ1v) is 9.66. The van der Waals surface area contributed by atoms with Crippen LogP contribution in [0.15, 0.2) is 54.7 Å². The highest BCUT2D eigenvalue weighted by Crippen LogP contribution is 2.24. The van der Waals surface area contributed by atoms with E-state index in [2.05, 4.69) is 28.0 Å². The van der Waals surface area contributed by atoms with E-state index in [0.29, 0.717) is 13.1 Å². The molecule has 2 aliphatic rings. The SMILES string of the molecule is O=C(C1CC(c2ccccc2)NN1)N(Cc1ccccn1)CC1CCCO1. The van der Waals surface area contributed by atoms with Gasteiger partial charge in [-0.3, -0.25) is 9.78 Å². The lowest BCUT2D eigenvalue weighted by Crippen LogP contribution is -2.47. The summed E-state index contributed by atoms with van der Waals surface area (Å²) >= 11 is 0. The fourth-order valence-electron chi connectivity index (χ4n) is 3.80. The van der Waals surface area contributed by atoms with Gasteiger partial charge in [-0.05, 0) is 37.0 Å². The number of ether oxygens (including phenoxy) is 1. The van der Waals surface area contributed by atoms with E-state index in [1.807, 2.05) is 41.3 Å². The molecule has 1 aromatic carbocycles. The fraction of sp³-hybridized carbons (Fsp3) is 0.429. The van der Waals surface area contributed by atoms with E-state index in [1.54, 1.807) is 6.20 Å². The topological polar surface area (TPSA) is 66.5 Å². The van der Waals surface area contributed by atoms with Gasteiger partial charge in [-0.2, -0.15) is 0 Å². The Hall–Kier alpha value is -2.28. The van der Waals surface area contributed by atoms with Gasteiger partial charge in [-0.25, -0.2) is 10.9 Å². The highest BCUT2D eigenvalue weighted by atomic mass is 16.5. The van der Waals surface area contributed by atoms with E-state index in [9.17, 15) is 4.79 Å². The van der Waals surface area contributed by atoms with Crippen LogP contribution in [0.3, 0.4) is 0 Å². The average molecular weight is 366 g/mol. The van der Waals surface area contributed by atoms with Crippen molar-refractivity contribution >= 4 is 5.91 Å². The van der Waals surface area contributed by atoms with Gasteiger partial charge < -0.3 is 9.64 Å². The van der Waals surface area contributed by atoms with Crippen LogP contribution in [0.5, 0.6) is 0 Å². The molecule has 27 heavy (non-hydrogen) atoms. The number of nitrogens with zero attached hydrogens (tertiary/aromatic N) is 2. The number of hydrazine groups is 1. The maximum absolute atomic E-state index is 13.3. The molecule has 2 saturated heterocycles. The molecule has 1 amide bonds. The second-order valence-corrected chi connectivity index (χ2v) is 7.22. The smallest absolute Gasteiger partial charge is 0.241 e. The van der Waals surface area contributed by atoms with Crippen LogP contribution in [0, 0.1) is 0 Å². The first-order valence-electron chi connectivity index (χ1n) is 9.66. The lowest BCUT2D eigenvalue weighted by atomic mass is 10.0. The van der Waals surface area contributed by atoms with Crippen LogP contribution in [-0.4, -0.2) is 41.1 Å². The Morgan fingerprint density at radius 3 is 2.74 bits per heavy atom. The third-order valence-corrected chi connectivity index (χ3v) is 5.24. The van der Waals surface area contributed by atoms with Gasteiger partial charge >= 0.3 is 0 Å². The van der Waals surface area contributed by atoms with Crippen molar-refractivity contribution < 1.29 is 9.53 Å². The number of hydrogen-bond donors (Lipinski definition) is 2. The molecule has 6 nitrogen and oxygen atoms in total. The number of pyridine rings is 1. The maximum Gasteiger partial charge on any atom is 0.241 e. The van der Waals surface area contributed by atoms with Crippen LogP contribution in [0.1, 0.15) is 36.6 Å². The van der Waals surface area contributed by atoms with Gasteiger partial charge in [0.05, 0.1) is 18.3 Å². The van der Waals surface area contributed by atoms with Crippen LogP contribution >= 0.6 is 0 Å². The summed E-state index contributed by atoms with van der Waals surface area (Å²) in [6, 6.07) is 15.9. The zero-order valence-corrected chi connectivity index (χ0v) is 15.4. The number of carbonyl (C=O) groups excluding carboxylic acids is 1. The maximum atomic E-state index is 13.3. The molecule has 4 rings (SSSR count). The largest absolute Gasteiger partial charge is 0.376 e. The summed E-state index contributed by atoms with van der Waals surface area (Å²) in [5.41, 5.74) is 8.55. The highest BCUT2D eigenvalue weighted by Gasteiger charge is 2.34. The summed E-state index contributed by atoms with van der Waals surface area (Å²) < 4.78 is 5.77. The lowest BCUT2D eigenvalue weighted by Gasteiger charge is -2.27. The predicted octanol–water partition coefficient (Wildman–Crippen LogP) is 2.20. The second kappa shape index (κ2) is 8.61. The standard InChI is InChI=1S/C21H26N4O2/c26-21(20-13-19(23-24-20)16-7-2-1-3-8-16)25(15-18-10-6-12-27-18)14-17-9-4-5-11-22-17/h1-5,7-9,11,18-20,23-24H,6,10,12-15H2. The number of carbonyl (C=O) groups is 1. The van der Waals surface area contributed by atoms with E-state index >= 15 is 0 Å².